The Hall–Kier alpha value is -3.09. The molecule has 0 bridgehead atoms. The van der Waals surface area contributed by atoms with E-state index in [4.69, 9.17) is 0 Å². The lowest BCUT2D eigenvalue weighted by Crippen LogP contribution is -2.32. The Kier molecular flexibility index (Phi) is 4.01. The monoisotopic (exact) mass is 446 g/mol. The number of ketones is 1. The number of Topliss-reactive ketones (excluding diaryl/α,β-unsaturated/α-hetero) is 1. The van der Waals surface area contributed by atoms with Gasteiger partial charge in [-0.3, -0.25) is 14.2 Å². The van der Waals surface area contributed by atoms with Gasteiger partial charge in [0.15, 0.2) is 17.2 Å². The first kappa shape index (κ1) is 18.0. The summed E-state index contributed by atoms with van der Waals surface area (Å²) in [5.74, 6) is -0.0569. The highest BCUT2D eigenvalue weighted by Crippen LogP contribution is 2.42. The van der Waals surface area contributed by atoms with Gasteiger partial charge < -0.3 is 5.11 Å². The number of hydrogen-bond acceptors (Lipinski definition) is 4. The molecule has 1 N–H and O–H groups in total. The number of halogens is 1. The van der Waals surface area contributed by atoms with Crippen molar-refractivity contribution in [1.82, 2.24) is 9.55 Å². The fourth-order valence-corrected chi connectivity index (χ4v) is 4.18. The number of aliphatic hydroxyl groups is 1. The maximum Gasteiger partial charge on any atom is 0.266 e. The van der Waals surface area contributed by atoms with Crippen LogP contribution in [-0.2, 0) is 5.60 Å². The van der Waals surface area contributed by atoms with Crippen LogP contribution in [0.1, 0.15) is 28.2 Å². The molecule has 1 atom stereocenters. The molecule has 0 saturated heterocycles. The molecular formula is C23H15BrN2O3. The molecule has 5 nitrogen and oxygen atoms in total. The van der Waals surface area contributed by atoms with Crippen LogP contribution in [0.25, 0.3) is 16.6 Å². The van der Waals surface area contributed by atoms with Crippen LogP contribution in [0.2, 0.25) is 0 Å². The van der Waals surface area contributed by atoms with Gasteiger partial charge in [0.2, 0.25) is 0 Å². The zero-order chi connectivity index (χ0) is 20.2. The molecule has 5 rings (SSSR count). The molecule has 1 unspecified atom stereocenters. The Morgan fingerprint density at radius 2 is 1.69 bits per heavy atom. The predicted molar refractivity (Wildman–Crippen MR) is 113 cm³/mol. The molecule has 29 heavy (non-hydrogen) atoms. The fraction of sp³-hybridized carbons (Fsp3) is 0.0870. The second-order valence-corrected chi connectivity index (χ2v) is 7.99. The maximum absolute atomic E-state index is 13.2. The molecule has 0 saturated carbocycles. The van der Waals surface area contributed by atoms with Gasteiger partial charge in [0, 0.05) is 15.6 Å². The summed E-state index contributed by atoms with van der Waals surface area (Å²) in [6.45, 7) is 0. The summed E-state index contributed by atoms with van der Waals surface area (Å²) in [7, 11) is 0. The van der Waals surface area contributed by atoms with Gasteiger partial charge in [0.1, 0.15) is 0 Å². The van der Waals surface area contributed by atoms with Gasteiger partial charge in [-0.1, -0.05) is 58.4 Å². The minimum Gasteiger partial charge on any atom is -0.377 e. The van der Waals surface area contributed by atoms with Crippen molar-refractivity contribution in [3.63, 3.8) is 0 Å². The highest BCUT2D eigenvalue weighted by Gasteiger charge is 2.46. The molecule has 0 amide bonds. The van der Waals surface area contributed by atoms with Crippen LogP contribution in [0.4, 0.5) is 0 Å². The summed E-state index contributed by atoms with van der Waals surface area (Å²) < 4.78 is 2.29. The summed E-state index contributed by atoms with van der Waals surface area (Å²) in [5, 5.41) is 12.2. The standard InChI is InChI=1S/C23H15BrN2O3/c24-15-11-9-14(10-12-15)20(27)13-23(29)17-6-2-4-8-19(17)26-21(28)16-5-1-3-7-18(16)25-22(23)26/h1-12,29H,13H2. The Bertz CT molecular complexity index is 1340. The number of nitrogens with zero attached hydrogens (tertiary/aromatic N) is 2. The molecule has 0 spiro atoms. The molecule has 6 heteroatoms. The average molecular weight is 447 g/mol. The second-order valence-electron chi connectivity index (χ2n) is 7.08. The van der Waals surface area contributed by atoms with E-state index in [2.05, 4.69) is 20.9 Å². The van der Waals surface area contributed by atoms with Crippen molar-refractivity contribution in [1.29, 1.82) is 0 Å². The number of hydrogen-bond donors (Lipinski definition) is 1. The summed E-state index contributed by atoms with van der Waals surface area (Å²) in [6.07, 6.45) is -0.212. The van der Waals surface area contributed by atoms with E-state index in [9.17, 15) is 14.7 Å². The van der Waals surface area contributed by atoms with Gasteiger partial charge in [-0.15, -0.1) is 0 Å². The maximum atomic E-state index is 13.2. The predicted octanol–water partition coefficient (Wildman–Crippen LogP) is 3.97. The number of para-hydroxylation sites is 2. The van der Waals surface area contributed by atoms with Crippen molar-refractivity contribution in [3.8, 4) is 5.69 Å². The SMILES string of the molecule is O=C(CC1(O)c2ccccc2-n2c1nc1ccccc1c2=O)c1ccc(Br)cc1. The molecule has 0 aliphatic carbocycles. The molecule has 1 aliphatic heterocycles. The highest BCUT2D eigenvalue weighted by molar-refractivity contribution is 9.10. The van der Waals surface area contributed by atoms with E-state index in [0.717, 1.165) is 4.47 Å². The number of aromatic nitrogens is 2. The van der Waals surface area contributed by atoms with E-state index in [0.29, 0.717) is 27.7 Å². The van der Waals surface area contributed by atoms with Crippen LogP contribution in [0.3, 0.4) is 0 Å². The van der Waals surface area contributed by atoms with Crippen LogP contribution >= 0.6 is 15.9 Å². The van der Waals surface area contributed by atoms with Gasteiger partial charge in [0.25, 0.3) is 5.56 Å². The van der Waals surface area contributed by atoms with Crippen molar-refractivity contribution < 1.29 is 9.90 Å². The first-order valence-corrected chi connectivity index (χ1v) is 9.92. The van der Waals surface area contributed by atoms with Crippen molar-refractivity contribution in [3.05, 3.63) is 105 Å². The molecule has 1 aliphatic rings. The number of benzene rings is 3. The summed E-state index contributed by atoms with van der Waals surface area (Å²) in [4.78, 5) is 30.8. The molecule has 142 valence electrons. The first-order chi connectivity index (χ1) is 14.0. The third-order valence-corrected chi connectivity index (χ3v) is 5.85. The number of carbonyl (C=O) groups excluding carboxylic acids is 1. The number of rotatable bonds is 3. The van der Waals surface area contributed by atoms with Gasteiger partial charge in [-0.25, -0.2) is 4.98 Å². The third-order valence-electron chi connectivity index (χ3n) is 5.32. The normalized spacial score (nSPS) is 17.2. The van der Waals surface area contributed by atoms with Gasteiger partial charge >= 0.3 is 0 Å². The molecule has 3 aromatic carbocycles. The zero-order valence-corrected chi connectivity index (χ0v) is 16.8. The van der Waals surface area contributed by atoms with Gasteiger partial charge in [-0.05, 0) is 30.3 Å². The lowest BCUT2D eigenvalue weighted by atomic mass is 9.87. The minimum atomic E-state index is -1.69. The van der Waals surface area contributed by atoms with E-state index in [-0.39, 0.29) is 23.6 Å². The molecule has 1 aromatic heterocycles. The Labute approximate surface area is 174 Å². The Morgan fingerprint density at radius 3 is 2.48 bits per heavy atom. The zero-order valence-electron chi connectivity index (χ0n) is 15.2. The average Bonchev–Trinajstić information content (AvgIpc) is 2.98. The third kappa shape index (κ3) is 2.68. The van der Waals surface area contributed by atoms with Crippen LogP contribution in [0, 0.1) is 0 Å². The van der Waals surface area contributed by atoms with Gasteiger partial charge in [0.05, 0.1) is 23.0 Å². The molecular weight excluding hydrogens is 432 g/mol. The smallest absolute Gasteiger partial charge is 0.266 e. The second kappa shape index (κ2) is 6.47. The fourth-order valence-electron chi connectivity index (χ4n) is 3.92. The van der Waals surface area contributed by atoms with Crippen LogP contribution in [0.15, 0.2) is 82.1 Å². The first-order valence-electron chi connectivity index (χ1n) is 9.12. The molecule has 0 fully saturated rings. The number of carbonyl (C=O) groups is 1. The minimum absolute atomic E-state index is 0.174. The molecule has 4 aromatic rings. The molecule has 2 heterocycles. The molecule has 0 radical (unpaired) electrons. The van der Waals surface area contributed by atoms with E-state index in [1.165, 1.54) is 4.57 Å². The van der Waals surface area contributed by atoms with E-state index in [1.807, 2.05) is 0 Å². The van der Waals surface area contributed by atoms with Crippen molar-refractivity contribution in [2.45, 2.75) is 12.0 Å². The van der Waals surface area contributed by atoms with E-state index >= 15 is 0 Å². The van der Waals surface area contributed by atoms with Gasteiger partial charge in [-0.2, -0.15) is 0 Å². The highest BCUT2D eigenvalue weighted by atomic mass is 79.9. The van der Waals surface area contributed by atoms with Crippen LogP contribution in [0.5, 0.6) is 0 Å². The van der Waals surface area contributed by atoms with E-state index in [1.54, 1.807) is 72.8 Å². The lowest BCUT2D eigenvalue weighted by molar-refractivity contribution is 0.0562. The summed E-state index contributed by atoms with van der Waals surface area (Å²) in [5.41, 5.74) is 0.0864. The van der Waals surface area contributed by atoms with Crippen molar-refractivity contribution in [2.24, 2.45) is 0 Å². The largest absolute Gasteiger partial charge is 0.377 e. The summed E-state index contributed by atoms with van der Waals surface area (Å²) >= 11 is 3.36. The Balaban J connectivity index is 1.72. The van der Waals surface area contributed by atoms with Crippen LogP contribution < -0.4 is 5.56 Å². The quantitative estimate of drug-likeness (QED) is 0.483. The van der Waals surface area contributed by atoms with Crippen molar-refractivity contribution in [2.75, 3.05) is 0 Å². The topological polar surface area (TPSA) is 72.2 Å². The Morgan fingerprint density at radius 1 is 1.00 bits per heavy atom. The lowest BCUT2D eigenvalue weighted by Gasteiger charge is -2.23. The van der Waals surface area contributed by atoms with Crippen molar-refractivity contribution >= 4 is 32.6 Å². The van der Waals surface area contributed by atoms with Crippen LogP contribution in [-0.4, -0.2) is 20.4 Å². The summed E-state index contributed by atoms with van der Waals surface area (Å²) in [6, 6.07) is 21.1. The number of fused-ring (bicyclic) bond motifs is 4. The van der Waals surface area contributed by atoms with E-state index < -0.39 is 5.60 Å².